The van der Waals surface area contributed by atoms with Gasteiger partial charge in [-0.1, -0.05) is 176 Å². The van der Waals surface area contributed by atoms with Crippen molar-refractivity contribution in [1.29, 1.82) is 5.26 Å². The standard InChI is InChI=1S/C62H38N6/c63-39-40-32-34-56(68-54-29-11-9-27-49(54)50-33-35-57-58(59(50)68)51-28-10-12-30-55(51)67(57)53-31-15-21-43-20-7-8-26-48(43)53)52(36-40)62-65-60(46-24-13-22-44(37-46)41-16-3-1-4-17-41)64-61(66-62)47-25-14-23-45(38-47)42-18-5-2-6-19-42/h1-38H. The van der Waals surface area contributed by atoms with Gasteiger partial charge in [0.1, 0.15) is 0 Å². The van der Waals surface area contributed by atoms with E-state index in [0.717, 1.165) is 88.4 Å². The minimum atomic E-state index is 0.462. The number of benzene rings is 10. The largest absolute Gasteiger partial charge is 0.309 e. The van der Waals surface area contributed by atoms with Crippen LogP contribution in [0.1, 0.15) is 5.56 Å². The number of nitrogens with zero attached hydrogens (tertiary/aromatic N) is 6. The first-order chi connectivity index (χ1) is 33.7. The quantitative estimate of drug-likeness (QED) is 0.160. The minimum absolute atomic E-state index is 0.462. The molecule has 0 bridgehead atoms. The van der Waals surface area contributed by atoms with E-state index in [-0.39, 0.29) is 0 Å². The van der Waals surface area contributed by atoms with Gasteiger partial charge in [0.05, 0.1) is 45.1 Å². The normalized spacial score (nSPS) is 11.5. The zero-order chi connectivity index (χ0) is 45.1. The van der Waals surface area contributed by atoms with E-state index in [1.807, 2.05) is 48.5 Å². The van der Waals surface area contributed by atoms with Crippen molar-refractivity contribution in [3.05, 3.63) is 236 Å². The van der Waals surface area contributed by atoms with Gasteiger partial charge in [0, 0.05) is 43.6 Å². The number of hydrogen-bond acceptors (Lipinski definition) is 4. The molecule has 3 aromatic heterocycles. The lowest BCUT2D eigenvalue weighted by molar-refractivity contribution is 1.06. The van der Waals surface area contributed by atoms with Crippen molar-refractivity contribution in [3.8, 4) is 73.9 Å². The number of aromatic nitrogens is 5. The van der Waals surface area contributed by atoms with Crippen molar-refractivity contribution in [1.82, 2.24) is 24.1 Å². The van der Waals surface area contributed by atoms with Crippen LogP contribution in [0.2, 0.25) is 0 Å². The van der Waals surface area contributed by atoms with Crippen LogP contribution < -0.4 is 0 Å². The molecule has 0 aliphatic rings. The van der Waals surface area contributed by atoms with Crippen molar-refractivity contribution in [3.63, 3.8) is 0 Å². The molecule has 0 fully saturated rings. The number of fused-ring (bicyclic) bond motifs is 8. The fourth-order valence-corrected chi connectivity index (χ4v) is 10.1. The SMILES string of the molecule is N#Cc1ccc(-n2c3ccccc3c3ccc4c(c5ccccc5n4-c4cccc5ccccc45)c32)c(-c2nc(-c3cccc(-c4ccccc4)c3)nc(-c3cccc(-c4ccccc4)c3)n2)c1. The Kier molecular flexibility index (Phi) is 9.12. The number of rotatable bonds is 7. The lowest BCUT2D eigenvalue weighted by Crippen LogP contribution is -2.04. The highest BCUT2D eigenvalue weighted by Gasteiger charge is 2.24. The molecule has 0 aliphatic carbocycles. The highest BCUT2D eigenvalue weighted by Crippen LogP contribution is 2.44. The minimum Gasteiger partial charge on any atom is -0.309 e. The van der Waals surface area contributed by atoms with Crippen LogP contribution in [0.5, 0.6) is 0 Å². The summed E-state index contributed by atoms with van der Waals surface area (Å²) in [6.45, 7) is 0. The molecule has 316 valence electrons. The summed E-state index contributed by atoms with van der Waals surface area (Å²) in [4.78, 5) is 15.9. The first kappa shape index (κ1) is 39.0. The molecule has 0 amide bonds. The molecule has 68 heavy (non-hydrogen) atoms. The van der Waals surface area contributed by atoms with Crippen molar-refractivity contribution in [2.24, 2.45) is 0 Å². The van der Waals surface area contributed by atoms with Gasteiger partial charge in [-0.15, -0.1) is 0 Å². The first-order valence-electron chi connectivity index (χ1n) is 22.7. The Labute approximate surface area is 391 Å². The Morgan fingerprint density at radius 2 is 0.868 bits per heavy atom. The molecular formula is C62H38N6. The molecule has 0 radical (unpaired) electrons. The van der Waals surface area contributed by atoms with Crippen molar-refractivity contribution in [2.45, 2.75) is 0 Å². The van der Waals surface area contributed by atoms with E-state index in [9.17, 15) is 5.26 Å². The number of para-hydroxylation sites is 2. The van der Waals surface area contributed by atoms with Gasteiger partial charge in [0.15, 0.2) is 17.5 Å². The summed E-state index contributed by atoms with van der Waals surface area (Å²) in [5.41, 5.74) is 13.5. The maximum atomic E-state index is 10.5. The van der Waals surface area contributed by atoms with Gasteiger partial charge in [-0.3, -0.25) is 0 Å². The van der Waals surface area contributed by atoms with Gasteiger partial charge in [0.2, 0.25) is 0 Å². The van der Waals surface area contributed by atoms with Crippen molar-refractivity contribution >= 4 is 54.4 Å². The average Bonchev–Trinajstić information content (AvgIpc) is 3.94. The maximum Gasteiger partial charge on any atom is 0.166 e. The summed E-state index contributed by atoms with van der Waals surface area (Å²) in [7, 11) is 0. The van der Waals surface area contributed by atoms with Gasteiger partial charge in [-0.2, -0.15) is 5.26 Å². The fraction of sp³-hybridized carbons (Fsp3) is 0. The molecule has 0 saturated heterocycles. The van der Waals surface area contributed by atoms with Crippen LogP contribution in [0, 0.1) is 11.3 Å². The van der Waals surface area contributed by atoms with Crippen LogP contribution >= 0.6 is 0 Å². The van der Waals surface area contributed by atoms with E-state index >= 15 is 0 Å². The van der Waals surface area contributed by atoms with Crippen molar-refractivity contribution in [2.75, 3.05) is 0 Å². The molecule has 0 unspecified atom stereocenters. The predicted molar refractivity (Wildman–Crippen MR) is 278 cm³/mol. The Bertz CT molecular complexity index is 4050. The second kappa shape index (κ2) is 15.9. The van der Waals surface area contributed by atoms with Crippen LogP contribution in [0.15, 0.2) is 231 Å². The molecule has 6 nitrogen and oxygen atoms in total. The van der Waals surface area contributed by atoms with Crippen LogP contribution in [-0.2, 0) is 0 Å². The molecule has 13 rings (SSSR count). The van der Waals surface area contributed by atoms with Gasteiger partial charge >= 0.3 is 0 Å². The number of hydrogen-bond donors (Lipinski definition) is 0. The highest BCUT2D eigenvalue weighted by molar-refractivity contribution is 6.26. The lowest BCUT2D eigenvalue weighted by atomic mass is 10.0. The maximum absolute atomic E-state index is 10.5. The van der Waals surface area contributed by atoms with Gasteiger partial charge in [0.25, 0.3) is 0 Å². The predicted octanol–water partition coefficient (Wildman–Crippen LogP) is 15.4. The monoisotopic (exact) mass is 866 g/mol. The summed E-state index contributed by atoms with van der Waals surface area (Å²) in [5, 5.41) is 17.4. The third-order valence-electron chi connectivity index (χ3n) is 13.2. The second-order valence-corrected chi connectivity index (χ2v) is 17.1. The average molecular weight is 867 g/mol. The summed E-state index contributed by atoms with van der Waals surface area (Å²) >= 11 is 0. The van der Waals surface area contributed by atoms with Crippen molar-refractivity contribution < 1.29 is 0 Å². The number of nitriles is 1. The van der Waals surface area contributed by atoms with E-state index in [1.165, 1.54) is 10.8 Å². The molecule has 3 heterocycles. The molecule has 0 spiro atoms. The molecule has 0 aliphatic heterocycles. The Balaban J connectivity index is 1.11. The van der Waals surface area contributed by atoms with Crippen LogP contribution in [0.4, 0.5) is 0 Å². The van der Waals surface area contributed by atoms with Gasteiger partial charge in [-0.05, 0) is 82.2 Å². The van der Waals surface area contributed by atoms with Crippen LogP contribution in [0.3, 0.4) is 0 Å². The Hall–Kier alpha value is -9.44. The smallest absolute Gasteiger partial charge is 0.166 e. The summed E-state index contributed by atoms with van der Waals surface area (Å²) in [5.74, 6) is 1.52. The summed E-state index contributed by atoms with van der Waals surface area (Å²) in [6, 6.07) is 82.7. The lowest BCUT2D eigenvalue weighted by Gasteiger charge is -2.16. The zero-order valence-corrected chi connectivity index (χ0v) is 36.6. The fourth-order valence-electron chi connectivity index (χ4n) is 10.1. The zero-order valence-electron chi connectivity index (χ0n) is 36.6. The molecule has 6 heteroatoms. The van der Waals surface area contributed by atoms with Gasteiger partial charge in [-0.25, -0.2) is 15.0 Å². The third kappa shape index (κ3) is 6.37. The van der Waals surface area contributed by atoms with E-state index in [2.05, 4.69) is 197 Å². The molecule has 0 atom stereocenters. The third-order valence-corrected chi connectivity index (χ3v) is 13.2. The topological polar surface area (TPSA) is 72.3 Å². The summed E-state index contributed by atoms with van der Waals surface area (Å²) < 4.78 is 4.77. The molecule has 0 saturated carbocycles. The Morgan fingerprint density at radius 3 is 1.54 bits per heavy atom. The van der Waals surface area contributed by atoms with Gasteiger partial charge < -0.3 is 9.13 Å². The highest BCUT2D eigenvalue weighted by atomic mass is 15.1. The molecule has 10 aromatic carbocycles. The van der Waals surface area contributed by atoms with E-state index < -0.39 is 0 Å². The van der Waals surface area contributed by atoms with E-state index in [1.54, 1.807) is 0 Å². The first-order valence-corrected chi connectivity index (χ1v) is 22.7. The Morgan fingerprint density at radius 1 is 0.338 bits per heavy atom. The van der Waals surface area contributed by atoms with E-state index in [0.29, 0.717) is 28.6 Å². The second-order valence-electron chi connectivity index (χ2n) is 17.1. The molecule has 13 aromatic rings. The van der Waals surface area contributed by atoms with Crippen LogP contribution in [0.25, 0.3) is 122 Å². The van der Waals surface area contributed by atoms with E-state index in [4.69, 9.17) is 15.0 Å². The summed E-state index contributed by atoms with van der Waals surface area (Å²) in [6.07, 6.45) is 0. The van der Waals surface area contributed by atoms with Crippen LogP contribution in [-0.4, -0.2) is 24.1 Å². The molecular weight excluding hydrogens is 829 g/mol. The molecule has 0 N–H and O–H groups in total.